The minimum absolute atomic E-state index is 0.445. The highest BCUT2D eigenvalue weighted by molar-refractivity contribution is 6.60. The van der Waals surface area contributed by atoms with E-state index in [0.717, 1.165) is 33.5 Å². The summed E-state index contributed by atoms with van der Waals surface area (Å²) in [4.78, 5) is 0. The van der Waals surface area contributed by atoms with Crippen LogP contribution in [0.15, 0.2) is 90.4 Å². The molecule has 0 N–H and O–H groups in total. The van der Waals surface area contributed by atoms with Gasteiger partial charge in [0.2, 0.25) is 0 Å². The second-order valence-electron chi connectivity index (χ2n) is 9.26. The van der Waals surface area contributed by atoms with Crippen molar-refractivity contribution in [3.8, 4) is 5.75 Å². The van der Waals surface area contributed by atoms with E-state index >= 15 is 0 Å². The molecule has 0 spiro atoms. The maximum Gasteiger partial charge on any atom is 0.495 e. The monoisotopic (exact) mass is 438 g/mol. The number of rotatable bonds is 6. The van der Waals surface area contributed by atoms with Gasteiger partial charge >= 0.3 is 7.12 Å². The summed E-state index contributed by atoms with van der Waals surface area (Å²) >= 11 is 0. The van der Waals surface area contributed by atoms with Crippen molar-refractivity contribution in [3.63, 3.8) is 0 Å². The van der Waals surface area contributed by atoms with E-state index in [1.54, 1.807) is 7.11 Å². The summed E-state index contributed by atoms with van der Waals surface area (Å²) in [5, 5.41) is 0. The lowest BCUT2D eigenvalue weighted by molar-refractivity contribution is 0.00578. The lowest BCUT2D eigenvalue weighted by atomic mass is 9.70. The van der Waals surface area contributed by atoms with E-state index in [1.807, 2.05) is 42.5 Å². The zero-order chi connectivity index (χ0) is 23.5. The Kier molecular flexibility index (Phi) is 6.59. The zero-order valence-corrected chi connectivity index (χ0v) is 20.0. The van der Waals surface area contributed by atoms with Crippen LogP contribution in [-0.2, 0) is 9.31 Å². The number of hydrogen-bond donors (Lipinski definition) is 0. The summed E-state index contributed by atoms with van der Waals surface area (Å²) in [5.41, 5.74) is 4.28. The molecular formula is C29H31BO3. The van der Waals surface area contributed by atoms with Crippen LogP contribution in [0.5, 0.6) is 5.75 Å². The molecule has 1 saturated heterocycles. The van der Waals surface area contributed by atoms with Crippen LogP contribution in [-0.4, -0.2) is 25.4 Å². The third-order valence-corrected chi connectivity index (χ3v) is 6.46. The van der Waals surface area contributed by atoms with Crippen molar-refractivity contribution in [3.05, 3.63) is 107 Å². The average Bonchev–Trinajstić information content (AvgIpc) is 3.04. The first kappa shape index (κ1) is 23.1. The van der Waals surface area contributed by atoms with Gasteiger partial charge in [-0.25, -0.2) is 0 Å². The third kappa shape index (κ3) is 4.97. The molecule has 4 rings (SSSR count). The van der Waals surface area contributed by atoms with Gasteiger partial charge in [-0.15, -0.1) is 0 Å². The zero-order valence-electron chi connectivity index (χ0n) is 20.0. The molecule has 0 aliphatic carbocycles. The molecule has 0 amide bonds. The second-order valence-corrected chi connectivity index (χ2v) is 9.26. The fourth-order valence-electron chi connectivity index (χ4n) is 3.86. The fraction of sp³-hybridized carbons (Fsp3) is 0.241. The molecule has 1 aliphatic rings. The number of ether oxygens (including phenoxy) is 1. The number of para-hydroxylation sites is 1. The van der Waals surface area contributed by atoms with Crippen LogP contribution >= 0.6 is 0 Å². The van der Waals surface area contributed by atoms with E-state index in [4.69, 9.17) is 14.0 Å². The topological polar surface area (TPSA) is 27.7 Å². The Bertz CT molecular complexity index is 1130. The van der Waals surface area contributed by atoms with Crippen LogP contribution in [0, 0.1) is 0 Å². The third-order valence-electron chi connectivity index (χ3n) is 6.46. The van der Waals surface area contributed by atoms with Gasteiger partial charge in [0.25, 0.3) is 0 Å². The predicted octanol–water partition coefficient (Wildman–Crippen LogP) is 6.95. The van der Waals surface area contributed by atoms with Crippen LogP contribution in [0.2, 0.25) is 0 Å². The van der Waals surface area contributed by atoms with Crippen LogP contribution in [0.25, 0.3) is 17.7 Å². The van der Waals surface area contributed by atoms with E-state index < -0.39 is 18.3 Å². The summed E-state index contributed by atoms with van der Waals surface area (Å²) in [5.74, 6) is 0.818. The van der Waals surface area contributed by atoms with Gasteiger partial charge in [-0.3, -0.25) is 0 Å². The highest BCUT2D eigenvalue weighted by Crippen LogP contribution is 2.42. The average molecular weight is 438 g/mol. The molecule has 33 heavy (non-hydrogen) atoms. The lowest BCUT2D eigenvalue weighted by Crippen LogP contribution is -2.41. The van der Waals surface area contributed by atoms with Crippen LogP contribution in [0.3, 0.4) is 0 Å². The second kappa shape index (κ2) is 9.42. The summed E-state index contributed by atoms with van der Waals surface area (Å²) in [7, 11) is 1.18. The Hall–Kier alpha value is -3.08. The molecule has 3 aromatic carbocycles. The number of benzene rings is 3. The van der Waals surface area contributed by atoms with Gasteiger partial charge in [0.05, 0.1) is 18.3 Å². The standard InChI is InChI=1S/C29H31BO3/c1-28(2)29(3,4)33-30(32-28)26(20-22-14-8-6-9-15-22)25(23-16-10-7-11-17-23)21-24-18-12-13-19-27(24)31-5/h6-21H,1-5H3/b25-21+,26-20-. The first-order chi connectivity index (χ1) is 15.8. The van der Waals surface area contributed by atoms with E-state index in [-0.39, 0.29) is 0 Å². The molecule has 1 heterocycles. The molecule has 4 heteroatoms. The molecular weight excluding hydrogens is 407 g/mol. The predicted molar refractivity (Wildman–Crippen MR) is 138 cm³/mol. The quantitative estimate of drug-likeness (QED) is 0.237. The van der Waals surface area contributed by atoms with Crippen LogP contribution in [0.4, 0.5) is 0 Å². The van der Waals surface area contributed by atoms with Crippen LogP contribution < -0.4 is 4.74 Å². The summed E-state index contributed by atoms with van der Waals surface area (Å²) in [6.07, 6.45) is 4.32. The number of methoxy groups -OCH3 is 1. The maximum atomic E-state index is 6.53. The van der Waals surface area contributed by atoms with Gasteiger partial charge in [-0.05, 0) is 62.0 Å². The molecule has 0 aromatic heterocycles. The van der Waals surface area contributed by atoms with Gasteiger partial charge < -0.3 is 14.0 Å². The Morgan fingerprint density at radius 3 is 1.88 bits per heavy atom. The molecule has 0 saturated carbocycles. The van der Waals surface area contributed by atoms with Gasteiger partial charge in [0.1, 0.15) is 5.75 Å². The minimum Gasteiger partial charge on any atom is -0.496 e. The van der Waals surface area contributed by atoms with Crippen molar-refractivity contribution in [2.75, 3.05) is 7.11 Å². The highest BCUT2D eigenvalue weighted by Gasteiger charge is 2.52. The Balaban J connectivity index is 1.93. The summed E-state index contributed by atoms with van der Waals surface area (Å²) < 4.78 is 18.7. The molecule has 0 unspecified atom stereocenters. The molecule has 3 aromatic rings. The molecule has 0 radical (unpaired) electrons. The molecule has 0 bridgehead atoms. The lowest BCUT2D eigenvalue weighted by Gasteiger charge is -2.32. The summed E-state index contributed by atoms with van der Waals surface area (Å²) in [6, 6.07) is 28.7. The van der Waals surface area contributed by atoms with Crippen molar-refractivity contribution in [2.45, 2.75) is 38.9 Å². The Morgan fingerprint density at radius 1 is 0.727 bits per heavy atom. The molecule has 0 atom stereocenters. The van der Waals surface area contributed by atoms with Gasteiger partial charge in [-0.2, -0.15) is 0 Å². The first-order valence-electron chi connectivity index (χ1n) is 11.3. The summed E-state index contributed by atoms with van der Waals surface area (Å²) in [6.45, 7) is 8.33. The molecule has 1 aliphatic heterocycles. The van der Waals surface area contributed by atoms with Crippen molar-refractivity contribution >= 4 is 24.8 Å². The van der Waals surface area contributed by atoms with Gasteiger partial charge in [0.15, 0.2) is 0 Å². The van der Waals surface area contributed by atoms with E-state index in [2.05, 4.69) is 82.3 Å². The first-order valence-corrected chi connectivity index (χ1v) is 11.3. The Morgan fingerprint density at radius 2 is 1.27 bits per heavy atom. The molecule has 3 nitrogen and oxygen atoms in total. The highest BCUT2D eigenvalue weighted by atomic mass is 16.7. The van der Waals surface area contributed by atoms with Crippen molar-refractivity contribution in [2.24, 2.45) is 0 Å². The maximum absolute atomic E-state index is 6.53. The molecule has 168 valence electrons. The largest absolute Gasteiger partial charge is 0.496 e. The SMILES string of the molecule is COc1ccccc1/C=C(/C(=C/c1ccccc1)B1OC(C)(C)C(C)(C)O1)c1ccccc1. The Labute approximate surface area is 197 Å². The normalized spacial score (nSPS) is 17.8. The number of allylic oxidation sites excluding steroid dienone is 2. The minimum atomic E-state index is -0.517. The molecule has 1 fully saturated rings. The van der Waals surface area contributed by atoms with Crippen molar-refractivity contribution in [1.29, 1.82) is 0 Å². The smallest absolute Gasteiger partial charge is 0.495 e. The van der Waals surface area contributed by atoms with Gasteiger partial charge in [-0.1, -0.05) is 84.9 Å². The fourth-order valence-corrected chi connectivity index (χ4v) is 3.86. The van der Waals surface area contributed by atoms with Gasteiger partial charge in [0, 0.05) is 5.56 Å². The van der Waals surface area contributed by atoms with E-state index in [9.17, 15) is 0 Å². The van der Waals surface area contributed by atoms with Crippen molar-refractivity contribution in [1.82, 2.24) is 0 Å². The van der Waals surface area contributed by atoms with E-state index in [1.165, 1.54) is 0 Å². The number of hydrogen-bond acceptors (Lipinski definition) is 3. The van der Waals surface area contributed by atoms with Crippen molar-refractivity contribution < 1.29 is 14.0 Å². The van der Waals surface area contributed by atoms with Crippen LogP contribution in [0.1, 0.15) is 44.4 Å². The van der Waals surface area contributed by atoms with E-state index in [0.29, 0.717) is 0 Å².